The fourth-order valence-corrected chi connectivity index (χ4v) is 2.66. The number of rotatable bonds is 5. The highest BCUT2D eigenvalue weighted by Gasteiger charge is 2.19. The number of carboxylic acids is 1. The lowest BCUT2D eigenvalue weighted by Crippen LogP contribution is -2.25. The second-order valence-electron chi connectivity index (χ2n) is 5.90. The maximum Gasteiger partial charge on any atom is 0.353 e. The minimum atomic E-state index is -1.34. The Bertz CT molecular complexity index is 1100. The monoisotopic (exact) mass is 384 g/mol. The van der Waals surface area contributed by atoms with Gasteiger partial charge in [0.25, 0.3) is 5.91 Å². The molecule has 0 fully saturated rings. The van der Waals surface area contributed by atoms with Crippen molar-refractivity contribution in [3.8, 4) is 5.88 Å². The van der Waals surface area contributed by atoms with E-state index in [0.29, 0.717) is 5.56 Å². The number of aromatic nitrogens is 3. The summed E-state index contributed by atoms with van der Waals surface area (Å²) in [7, 11) is 1.29. The standard InChI is InChI=1S/C18H16N4O6/c1-9-5-10(17(27)28-2)3-4-11(9)7-19-15(24)12-6-13(16(25)26)22-14(23)8-20-18(22)21-12/h3-6,8,23H,7H2,1-2H3,(H,19,24)(H,25,26). The molecule has 0 saturated heterocycles. The number of ether oxygens (including phenoxy) is 1. The molecule has 0 aliphatic heterocycles. The van der Waals surface area contributed by atoms with Crippen LogP contribution in [0.1, 0.15) is 42.5 Å². The van der Waals surface area contributed by atoms with Crippen molar-refractivity contribution in [2.45, 2.75) is 13.5 Å². The van der Waals surface area contributed by atoms with E-state index in [1.165, 1.54) is 7.11 Å². The maximum absolute atomic E-state index is 12.4. The number of aromatic hydroxyl groups is 1. The van der Waals surface area contributed by atoms with Gasteiger partial charge in [-0.1, -0.05) is 6.07 Å². The van der Waals surface area contributed by atoms with Gasteiger partial charge in [-0.25, -0.2) is 24.0 Å². The van der Waals surface area contributed by atoms with Crippen LogP contribution in [0, 0.1) is 6.92 Å². The van der Waals surface area contributed by atoms with Gasteiger partial charge in [0.05, 0.1) is 18.9 Å². The Morgan fingerprint density at radius 1 is 1.25 bits per heavy atom. The molecule has 0 atom stereocenters. The van der Waals surface area contributed by atoms with Crippen molar-refractivity contribution in [2.75, 3.05) is 7.11 Å². The number of carboxylic acid groups (broad SMARTS) is 1. The van der Waals surface area contributed by atoms with Gasteiger partial charge >= 0.3 is 11.9 Å². The zero-order valence-electron chi connectivity index (χ0n) is 15.0. The van der Waals surface area contributed by atoms with Crippen LogP contribution in [0.25, 0.3) is 5.78 Å². The number of aromatic carboxylic acids is 1. The van der Waals surface area contributed by atoms with Crippen molar-refractivity contribution in [3.05, 3.63) is 58.5 Å². The number of fused-ring (bicyclic) bond motifs is 1. The van der Waals surface area contributed by atoms with Crippen molar-refractivity contribution >= 4 is 23.6 Å². The molecule has 0 spiro atoms. The number of imidazole rings is 1. The highest BCUT2D eigenvalue weighted by Crippen LogP contribution is 2.16. The van der Waals surface area contributed by atoms with Crippen LogP contribution in [0.3, 0.4) is 0 Å². The third-order valence-electron chi connectivity index (χ3n) is 4.11. The zero-order valence-corrected chi connectivity index (χ0v) is 15.0. The van der Waals surface area contributed by atoms with Crippen LogP contribution in [-0.4, -0.2) is 49.5 Å². The van der Waals surface area contributed by atoms with Crippen LogP contribution >= 0.6 is 0 Å². The normalized spacial score (nSPS) is 10.6. The lowest BCUT2D eigenvalue weighted by atomic mass is 10.0. The summed E-state index contributed by atoms with van der Waals surface area (Å²) >= 11 is 0. The number of hydrogen-bond acceptors (Lipinski definition) is 7. The molecule has 3 N–H and O–H groups in total. The van der Waals surface area contributed by atoms with Crippen molar-refractivity contribution in [1.82, 2.24) is 19.7 Å². The molecule has 10 nitrogen and oxygen atoms in total. The molecule has 3 rings (SSSR count). The first kappa shape index (κ1) is 18.8. The predicted molar refractivity (Wildman–Crippen MR) is 95.3 cm³/mol. The average Bonchev–Trinajstić information content (AvgIpc) is 3.06. The molecule has 10 heteroatoms. The van der Waals surface area contributed by atoms with Gasteiger partial charge in [0.1, 0.15) is 11.4 Å². The molecule has 1 amide bonds. The van der Waals surface area contributed by atoms with Crippen molar-refractivity contribution < 1.29 is 29.3 Å². The summed E-state index contributed by atoms with van der Waals surface area (Å²) in [6.45, 7) is 1.93. The van der Waals surface area contributed by atoms with Crippen LogP contribution < -0.4 is 5.32 Å². The number of benzene rings is 1. The van der Waals surface area contributed by atoms with Gasteiger partial charge in [-0.15, -0.1) is 0 Å². The summed E-state index contributed by atoms with van der Waals surface area (Å²) in [6.07, 6.45) is 1.04. The molecular weight excluding hydrogens is 368 g/mol. The Hall–Kier alpha value is -3.95. The Morgan fingerprint density at radius 2 is 2.00 bits per heavy atom. The number of nitrogens with zero attached hydrogens (tertiary/aromatic N) is 3. The van der Waals surface area contributed by atoms with E-state index in [4.69, 9.17) is 0 Å². The molecule has 28 heavy (non-hydrogen) atoms. The quantitative estimate of drug-likeness (QED) is 0.556. The van der Waals surface area contributed by atoms with E-state index in [0.717, 1.165) is 27.8 Å². The predicted octanol–water partition coefficient (Wildman–Crippen LogP) is 1.16. The molecule has 0 bridgehead atoms. The van der Waals surface area contributed by atoms with Gasteiger partial charge in [0, 0.05) is 12.6 Å². The Morgan fingerprint density at radius 3 is 2.64 bits per heavy atom. The molecular formula is C18H16N4O6. The summed E-state index contributed by atoms with van der Waals surface area (Å²) < 4.78 is 5.59. The molecule has 144 valence electrons. The fourth-order valence-electron chi connectivity index (χ4n) is 2.66. The number of carbonyl (C=O) groups excluding carboxylic acids is 2. The number of methoxy groups -OCH3 is 1. The van der Waals surface area contributed by atoms with Crippen LogP contribution in [0.2, 0.25) is 0 Å². The number of nitrogens with one attached hydrogen (secondary N) is 1. The number of esters is 1. The van der Waals surface area contributed by atoms with Crippen LogP contribution in [0.15, 0.2) is 30.5 Å². The molecule has 2 heterocycles. The van der Waals surface area contributed by atoms with Crippen LogP contribution in [0.5, 0.6) is 5.88 Å². The highest BCUT2D eigenvalue weighted by molar-refractivity contribution is 5.96. The lowest BCUT2D eigenvalue weighted by Gasteiger charge is -2.10. The zero-order chi connectivity index (χ0) is 20.4. The van der Waals surface area contributed by atoms with Gasteiger partial charge in [0.15, 0.2) is 0 Å². The first-order valence-corrected chi connectivity index (χ1v) is 8.08. The first-order chi connectivity index (χ1) is 13.3. The first-order valence-electron chi connectivity index (χ1n) is 8.08. The molecule has 3 aromatic rings. The second kappa shape index (κ2) is 7.35. The Kier molecular flexibility index (Phi) is 4.94. The Balaban J connectivity index is 1.82. The molecule has 0 saturated carbocycles. The molecule has 0 aliphatic rings. The molecule has 0 unspecified atom stereocenters. The van der Waals surface area contributed by atoms with E-state index >= 15 is 0 Å². The fraction of sp³-hybridized carbons (Fsp3) is 0.167. The molecule has 1 aromatic carbocycles. The SMILES string of the molecule is COC(=O)c1ccc(CNC(=O)c2cc(C(=O)O)n3c(O)cnc3n2)c(C)c1. The van der Waals surface area contributed by atoms with E-state index in [9.17, 15) is 24.6 Å². The van der Waals surface area contributed by atoms with E-state index in [2.05, 4.69) is 20.0 Å². The smallest absolute Gasteiger partial charge is 0.353 e. The van der Waals surface area contributed by atoms with Gasteiger partial charge in [-0.3, -0.25) is 4.79 Å². The Labute approximate surface area is 158 Å². The van der Waals surface area contributed by atoms with E-state index in [-0.39, 0.29) is 23.7 Å². The lowest BCUT2D eigenvalue weighted by molar-refractivity contribution is 0.0599. The minimum Gasteiger partial charge on any atom is -0.493 e. The number of carbonyl (C=O) groups is 3. The summed E-state index contributed by atoms with van der Waals surface area (Å²) in [5.74, 6) is -2.91. The highest BCUT2D eigenvalue weighted by atomic mass is 16.5. The van der Waals surface area contributed by atoms with E-state index in [1.807, 2.05) is 0 Å². The van der Waals surface area contributed by atoms with Crippen molar-refractivity contribution in [2.24, 2.45) is 0 Å². The summed E-state index contributed by atoms with van der Waals surface area (Å²) in [4.78, 5) is 43.2. The van der Waals surface area contributed by atoms with Gasteiger partial charge < -0.3 is 20.3 Å². The molecule has 0 radical (unpaired) electrons. The summed E-state index contributed by atoms with van der Waals surface area (Å²) in [5.41, 5.74) is 1.44. The van der Waals surface area contributed by atoms with Crippen molar-refractivity contribution in [1.29, 1.82) is 0 Å². The average molecular weight is 384 g/mol. The number of hydrogen-bond donors (Lipinski definition) is 3. The van der Waals surface area contributed by atoms with Gasteiger partial charge in [-0.05, 0) is 30.2 Å². The third kappa shape index (κ3) is 3.47. The molecule has 2 aromatic heterocycles. The van der Waals surface area contributed by atoms with Crippen LogP contribution in [-0.2, 0) is 11.3 Å². The largest absolute Gasteiger partial charge is 0.493 e. The summed E-state index contributed by atoms with van der Waals surface area (Å²) in [5, 5.41) is 21.7. The van der Waals surface area contributed by atoms with E-state index in [1.54, 1.807) is 25.1 Å². The third-order valence-corrected chi connectivity index (χ3v) is 4.11. The van der Waals surface area contributed by atoms with Gasteiger partial charge in [-0.2, -0.15) is 0 Å². The summed E-state index contributed by atoms with van der Waals surface area (Å²) in [6, 6.07) is 5.97. The topological polar surface area (TPSA) is 143 Å². The van der Waals surface area contributed by atoms with Crippen molar-refractivity contribution in [3.63, 3.8) is 0 Å². The number of aryl methyl sites for hydroxylation is 1. The van der Waals surface area contributed by atoms with E-state index < -0.39 is 23.7 Å². The molecule has 0 aliphatic carbocycles. The number of amides is 1. The van der Waals surface area contributed by atoms with Crippen LogP contribution in [0.4, 0.5) is 0 Å². The van der Waals surface area contributed by atoms with Gasteiger partial charge in [0.2, 0.25) is 11.7 Å². The minimum absolute atomic E-state index is 0.110. The maximum atomic E-state index is 12.4. The second-order valence-corrected chi connectivity index (χ2v) is 5.90.